The van der Waals surface area contributed by atoms with Crippen LogP contribution in [0.4, 0.5) is 0 Å². The van der Waals surface area contributed by atoms with Gasteiger partial charge in [-0.1, -0.05) is 26.7 Å². The highest BCUT2D eigenvalue weighted by molar-refractivity contribution is 5.74. The van der Waals surface area contributed by atoms with Crippen LogP contribution < -0.4 is 11.2 Å². The summed E-state index contributed by atoms with van der Waals surface area (Å²) in [7, 11) is 0. The summed E-state index contributed by atoms with van der Waals surface area (Å²) in [6, 6.07) is 0. The van der Waals surface area contributed by atoms with Crippen LogP contribution >= 0.6 is 0 Å². The maximum absolute atomic E-state index is 10.5. The molecule has 0 saturated heterocycles. The largest absolute Gasteiger partial charge is 0.370 e. The minimum absolute atomic E-state index is 0.284. The molecule has 0 atom stereocenters. The molecule has 0 aliphatic carbocycles. The van der Waals surface area contributed by atoms with Gasteiger partial charge in [0.25, 0.3) is 0 Å². The SMILES string of the molecule is CC.NC(=O)CCCCCCC(=O)NO. The predicted molar refractivity (Wildman–Crippen MR) is 58.2 cm³/mol. The monoisotopic (exact) mass is 218 g/mol. The molecule has 0 rings (SSSR count). The highest BCUT2D eigenvalue weighted by Crippen LogP contribution is 2.04. The molecule has 0 saturated carbocycles. The summed E-state index contributed by atoms with van der Waals surface area (Å²) in [6.07, 6.45) is 4.00. The fraction of sp³-hybridized carbons (Fsp3) is 0.800. The van der Waals surface area contributed by atoms with E-state index in [9.17, 15) is 9.59 Å². The maximum atomic E-state index is 10.5. The Hall–Kier alpha value is -1.10. The lowest BCUT2D eigenvalue weighted by atomic mass is 10.1. The molecular weight excluding hydrogens is 196 g/mol. The molecule has 0 aromatic carbocycles. The van der Waals surface area contributed by atoms with Gasteiger partial charge in [0.05, 0.1) is 0 Å². The van der Waals surface area contributed by atoms with Crippen LogP contribution in [0.5, 0.6) is 0 Å². The van der Waals surface area contributed by atoms with Crippen LogP contribution in [0.15, 0.2) is 0 Å². The number of carbonyl (C=O) groups excluding carboxylic acids is 2. The zero-order valence-electron chi connectivity index (χ0n) is 9.58. The molecule has 0 radical (unpaired) electrons. The Morgan fingerprint density at radius 2 is 1.53 bits per heavy atom. The van der Waals surface area contributed by atoms with Crippen LogP contribution in [-0.2, 0) is 9.59 Å². The standard InChI is InChI=1S/C8H16N2O3.C2H6/c9-7(11)5-3-1-2-4-6-8(12)10-13;1-2/h13H,1-6H2,(H2,9,11)(H,10,12);1-2H3. The van der Waals surface area contributed by atoms with Crippen LogP contribution in [-0.4, -0.2) is 17.0 Å². The number of nitrogens with two attached hydrogens (primary N) is 1. The number of hydrogen-bond donors (Lipinski definition) is 3. The van der Waals surface area contributed by atoms with Crippen molar-refractivity contribution in [3.05, 3.63) is 0 Å². The van der Waals surface area contributed by atoms with E-state index < -0.39 is 0 Å². The first kappa shape index (κ1) is 16.3. The summed E-state index contributed by atoms with van der Waals surface area (Å²) < 4.78 is 0. The molecule has 5 nitrogen and oxygen atoms in total. The van der Waals surface area contributed by atoms with Gasteiger partial charge in [-0.2, -0.15) is 0 Å². The molecule has 90 valence electrons. The molecule has 2 amide bonds. The summed E-state index contributed by atoms with van der Waals surface area (Å²) in [5, 5.41) is 8.15. The van der Waals surface area contributed by atoms with Gasteiger partial charge < -0.3 is 5.73 Å². The second-order valence-electron chi connectivity index (χ2n) is 2.92. The van der Waals surface area contributed by atoms with E-state index in [1.807, 2.05) is 13.8 Å². The van der Waals surface area contributed by atoms with Crippen molar-refractivity contribution in [1.29, 1.82) is 0 Å². The van der Waals surface area contributed by atoms with E-state index in [0.29, 0.717) is 12.8 Å². The lowest BCUT2D eigenvalue weighted by Crippen LogP contribution is -2.17. The van der Waals surface area contributed by atoms with Gasteiger partial charge in [-0.05, 0) is 12.8 Å². The topological polar surface area (TPSA) is 92.4 Å². The second kappa shape index (κ2) is 12.9. The summed E-state index contributed by atoms with van der Waals surface area (Å²) >= 11 is 0. The Labute approximate surface area is 91.0 Å². The van der Waals surface area contributed by atoms with Crippen molar-refractivity contribution < 1.29 is 14.8 Å². The van der Waals surface area contributed by atoms with Crippen molar-refractivity contribution in [2.24, 2.45) is 5.73 Å². The zero-order valence-corrected chi connectivity index (χ0v) is 9.58. The first-order chi connectivity index (χ1) is 7.16. The van der Waals surface area contributed by atoms with E-state index in [1.54, 1.807) is 5.48 Å². The summed E-state index contributed by atoms with van der Waals surface area (Å²) in [5.41, 5.74) is 6.50. The van der Waals surface area contributed by atoms with E-state index in [0.717, 1.165) is 25.7 Å². The van der Waals surface area contributed by atoms with Gasteiger partial charge in [-0.25, -0.2) is 5.48 Å². The molecule has 0 aliphatic heterocycles. The maximum Gasteiger partial charge on any atom is 0.243 e. The first-order valence-electron chi connectivity index (χ1n) is 5.38. The molecule has 0 spiro atoms. The Morgan fingerprint density at radius 3 is 1.93 bits per heavy atom. The molecule has 0 bridgehead atoms. The molecule has 0 aliphatic rings. The first-order valence-corrected chi connectivity index (χ1v) is 5.38. The smallest absolute Gasteiger partial charge is 0.243 e. The normalized spacial score (nSPS) is 8.73. The van der Waals surface area contributed by atoms with E-state index in [-0.39, 0.29) is 11.8 Å². The van der Waals surface area contributed by atoms with Gasteiger partial charge in [0.2, 0.25) is 11.8 Å². The average molecular weight is 218 g/mol. The van der Waals surface area contributed by atoms with E-state index in [1.165, 1.54) is 0 Å². The summed E-state index contributed by atoms with van der Waals surface area (Å²) in [5.74, 6) is -0.650. The van der Waals surface area contributed by atoms with Crippen LogP contribution in [0.2, 0.25) is 0 Å². The summed E-state index contributed by atoms with van der Waals surface area (Å²) in [6.45, 7) is 4.00. The lowest BCUT2D eigenvalue weighted by Gasteiger charge is -1.98. The molecule has 0 aromatic heterocycles. The van der Waals surface area contributed by atoms with E-state index in [4.69, 9.17) is 10.9 Å². The predicted octanol–water partition coefficient (Wildman–Crippen LogP) is 1.34. The van der Waals surface area contributed by atoms with Gasteiger partial charge in [0.1, 0.15) is 0 Å². The van der Waals surface area contributed by atoms with Crippen LogP contribution in [0, 0.1) is 0 Å². The lowest BCUT2D eigenvalue weighted by molar-refractivity contribution is -0.129. The Morgan fingerprint density at radius 1 is 1.07 bits per heavy atom. The van der Waals surface area contributed by atoms with Gasteiger partial charge in [0.15, 0.2) is 0 Å². The highest BCUT2D eigenvalue weighted by atomic mass is 16.5. The Balaban J connectivity index is 0. The number of amides is 2. The van der Waals surface area contributed by atoms with Crippen LogP contribution in [0.25, 0.3) is 0 Å². The third-order valence-electron chi connectivity index (χ3n) is 1.70. The van der Waals surface area contributed by atoms with E-state index in [2.05, 4.69) is 0 Å². The van der Waals surface area contributed by atoms with E-state index >= 15 is 0 Å². The molecular formula is C10H22N2O3. The molecule has 0 unspecified atom stereocenters. The van der Waals surface area contributed by atoms with Crippen LogP contribution in [0.3, 0.4) is 0 Å². The Kier molecular flexibility index (Phi) is 14.0. The molecule has 0 fully saturated rings. The number of nitrogens with one attached hydrogen (secondary N) is 1. The van der Waals surface area contributed by atoms with Gasteiger partial charge in [0, 0.05) is 12.8 Å². The van der Waals surface area contributed by atoms with Crippen molar-refractivity contribution >= 4 is 11.8 Å². The number of rotatable bonds is 7. The van der Waals surface area contributed by atoms with Crippen molar-refractivity contribution in [2.75, 3.05) is 0 Å². The minimum atomic E-state index is -0.366. The van der Waals surface area contributed by atoms with Gasteiger partial charge in [-0.3, -0.25) is 14.8 Å². The van der Waals surface area contributed by atoms with Crippen molar-refractivity contribution in [2.45, 2.75) is 52.4 Å². The van der Waals surface area contributed by atoms with Crippen molar-refractivity contribution in [3.63, 3.8) is 0 Å². The average Bonchev–Trinajstić information content (AvgIpc) is 2.25. The third-order valence-corrected chi connectivity index (χ3v) is 1.70. The number of hydrogen-bond acceptors (Lipinski definition) is 3. The van der Waals surface area contributed by atoms with Gasteiger partial charge >= 0.3 is 0 Å². The number of carbonyl (C=O) groups is 2. The number of hydroxylamine groups is 1. The Bertz CT molecular complexity index is 172. The number of primary amides is 1. The fourth-order valence-electron chi connectivity index (χ4n) is 0.994. The quantitative estimate of drug-likeness (QED) is 0.342. The molecule has 0 aromatic rings. The van der Waals surface area contributed by atoms with Crippen LogP contribution in [0.1, 0.15) is 52.4 Å². The van der Waals surface area contributed by atoms with Crippen molar-refractivity contribution in [1.82, 2.24) is 5.48 Å². The third kappa shape index (κ3) is 15.6. The van der Waals surface area contributed by atoms with Gasteiger partial charge in [-0.15, -0.1) is 0 Å². The van der Waals surface area contributed by atoms with Crippen molar-refractivity contribution in [3.8, 4) is 0 Å². The fourth-order valence-corrected chi connectivity index (χ4v) is 0.994. The second-order valence-corrected chi connectivity index (χ2v) is 2.92. The summed E-state index contributed by atoms with van der Waals surface area (Å²) in [4.78, 5) is 20.8. The molecule has 0 heterocycles. The molecule has 15 heavy (non-hydrogen) atoms. The molecule has 5 heteroatoms. The highest BCUT2D eigenvalue weighted by Gasteiger charge is 1.98. The molecule has 4 N–H and O–H groups in total. The minimum Gasteiger partial charge on any atom is -0.370 e. The number of unbranched alkanes of at least 4 members (excludes halogenated alkanes) is 3. The zero-order chi connectivity index (χ0) is 12.1.